The van der Waals surface area contributed by atoms with Crippen molar-refractivity contribution in [1.82, 2.24) is 5.32 Å². The van der Waals surface area contributed by atoms with E-state index in [1.54, 1.807) is 14.2 Å². The Hall–Kier alpha value is -4.72. The summed E-state index contributed by atoms with van der Waals surface area (Å²) in [6.45, 7) is 3.98. The number of para-hydroxylation sites is 1. The lowest BCUT2D eigenvalue weighted by Gasteiger charge is -2.37. The van der Waals surface area contributed by atoms with Crippen LogP contribution < -0.4 is 29.6 Å². The van der Waals surface area contributed by atoms with E-state index in [1.807, 2.05) is 74.5 Å². The van der Waals surface area contributed by atoms with E-state index in [0.29, 0.717) is 52.7 Å². The molecule has 0 radical (unpaired) electrons. The van der Waals surface area contributed by atoms with Crippen molar-refractivity contribution >= 4 is 17.4 Å². The number of Topliss-reactive ketones (excluding diaryl/α,β-unsaturated/α-hetero) is 1. The molecule has 8 heteroatoms. The highest BCUT2D eigenvalue weighted by molar-refractivity contribution is 6.10. The van der Waals surface area contributed by atoms with Gasteiger partial charge in [-0.2, -0.15) is 0 Å². The highest BCUT2D eigenvalue weighted by Gasteiger charge is 2.41. The number of aryl methyl sites for hydroxylation is 1. The van der Waals surface area contributed by atoms with Crippen LogP contribution in [0, 0.1) is 6.92 Å². The van der Waals surface area contributed by atoms with Crippen molar-refractivity contribution in [2.24, 2.45) is 0 Å². The lowest BCUT2D eigenvalue weighted by molar-refractivity contribution is -0.116. The van der Waals surface area contributed by atoms with Crippen LogP contribution >= 0.6 is 0 Å². The number of benzene rings is 3. The fourth-order valence-corrected chi connectivity index (χ4v) is 6.01. The number of rotatable bonds is 6. The number of ketones is 1. The fourth-order valence-electron chi connectivity index (χ4n) is 6.01. The number of carbonyl (C=O) groups excluding carboxylic acids is 2. The molecule has 3 aliphatic rings. The summed E-state index contributed by atoms with van der Waals surface area (Å²) in [5.74, 6) is 1.63. The number of carbonyl (C=O) groups is 2. The molecule has 0 bridgehead atoms. The molecule has 2 heterocycles. The number of amides is 1. The second-order valence-corrected chi connectivity index (χ2v) is 10.5. The Kier molecular flexibility index (Phi) is 6.91. The van der Waals surface area contributed by atoms with Crippen LogP contribution in [0.25, 0.3) is 0 Å². The lowest BCUT2D eigenvalue weighted by Crippen LogP contribution is -2.37. The number of anilines is 1. The molecule has 210 valence electrons. The van der Waals surface area contributed by atoms with Gasteiger partial charge >= 0.3 is 0 Å². The number of hydrogen-bond donors (Lipinski definition) is 2. The van der Waals surface area contributed by atoms with Gasteiger partial charge in [0.25, 0.3) is 5.91 Å². The zero-order valence-electron chi connectivity index (χ0n) is 23.5. The van der Waals surface area contributed by atoms with Crippen molar-refractivity contribution in [3.8, 4) is 23.0 Å². The Balaban J connectivity index is 1.41. The van der Waals surface area contributed by atoms with Crippen molar-refractivity contribution in [2.75, 3.05) is 26.3 Å². The lowest BCUT2D eigenvalue weighted by atomic mass is 9.71. The predicted octanol–water partition coefficient (Wildman–Crippen LogP) is 5.74. The Morgan fingerprint density at radius 2 is 1.66 bits per heavy atom. The highest BCUT2D eigenvalue weighted by atomic mass is 16.7. The van der Waals surface area contributed by atoms with Gasteiger partial charge in [0.1, 0.15) is 0 Å². The van der Waals surface area contributed by atoms with E-state index in [0.717, 1.165) is 28.1 Å². The second-order valence-electron chi connectivity index (χ2n) is 10.5. The zero-order chi connectivity index (χ0) is 28.7. The quantitative estimate of drug-likeness (QED) is 0.403. The van der Waals surface area contributed by atoms with Crippen LogP contribution in [0.5, 0.6) is 23.0 Å². The SMILES string of the molecule is COc1ccc([C@H]2CC(=O)C3=C(C2)NC(C)=C(C(=O)Nc2ccccc2C)[C@@H]3c2ccc3c(c2)OCO3)cc1OC. The molecule has 0 unspecified atom stereocenters. The number of methoxy groups -OCH3 is 2. The highest BCUT2D eigenvalue weighted by Crippen LogP contribution is 2.48. The molecule has 3 aromatic rings. The Labute approximate surface area is 238 Å². The fraction of sp³-hybridized carbons (Fsp3) is 0.273. The summed E-state index contributed by atoms with van der Waals surface area (Å²) in [6.07, 6.45) is 0.921. The van der Waals surface area contributed by atoms with E-state index in [9.17, 15) is 9.59 Å². The van der Waals surface area contributed by atoms with Crippen molar-refractivity contribution in [3.05, 3.63) is 99.9 Å². The normalized spacial score (nSPS) is 19.5. The monoisotopic (exact) mass is 552 g/mol. The third-order valence-corrected chi connectivity index (χ3v) is 8.07. The molecule has 1 aliphatic carbocycles. The molecule has 2 aliphatic heterocycles. The molecule has 1 amide bonds. The summed E-state index contributed by atoms with van der Waals surface area (Å²) in [7, 11) is 3.20. The van der Waals surface area contributed by atoms with Gasteiger partial charge in [0.15, 0.2) is 28.8 Å². The first kappa shape index (κ1) is 26.5. The molecule has 0 saturated heterocycles. The van der Waals surface area contributed by atoms with E-state index < -0.39 is 5.92 Å². The number of fused-ring (bicyclic) bond motifs is 1. The smallest absolute Gasteiger partial charge is 0.254 e. The molecule has 2 atom stereocenters. The topological polar surface area (TPSA) is 95.1 Å². The predicted molar refractivity (Wildman–Crippen MR) is 155 cm³/mol. The maximum Gasteiger partial charge on any atom is 0.254 e. The number of allylic oxidation sites excluding steroid dienone is 3. The molecular weight excluding hydrogens is 520 g/mol. The Morgan fingerprint density at radius 3 is 2.44 bits per heavy atom. The third kappa shape index (κ3) is 4.79. The standard InChI is InChI=1S/C33H32N2O6/c1-18-7-5-6-8-23(18)35-33(37)30-19(2)34-24-13-22(20-9-11-26(38-3)28(15-20)39-4)14-25(36)32(24)31(30)21-10-12-27-29(16-21)41-17-40-27/h5-12,15-16,22,31,34H,13-14,17H2,1-4H3,(H,35,37)/t22-,31+/m1/s1. The minimum Gasteiger partial charge on any atom is -0.493 e. The van der Waals surface area contributed by atoms with Gasteiger partial charge in [-0.05, 0) is 73.2 Å². The average molecular weight is 553 g/mol. The maximum absolute atomic E-state index is 14.0. The molecule has 0 spiro atoms. The van der Waals surface area contributed by atoms with Gasteiger partial charge in [0.2, 0.25) is 6.79 Å². The Bertz CT molecular complexity index is 1620. The summed E-state index contributed by atoms with van der Waals surface area (Å²) in [4.78, 5) is 28.0. The first-order chi connectivity index (χ1) is 19.9. The van der Waals surface area contributed by atoms with Crippen LogP contribution in [0.2, 0.25) is 0 Å². The van der Waals surface area contributed by atoms with Gasteiger partial charge in [0, 0.05) is 40.6 Å². The molecular formula is C33H32N2O6. The summed E-state index contributed by atoms with van der Waals surface area (Å²) >= 11 is 0. The largest absolute Gasteiger partial charge is 0.493 e. The van der Waals surface area contributed by atoms with Gasteiger partial charge in [-0.15, -0.1) is 0 Å². The van der Waals surface area contributed by atoms with Crippen molar-refractivity contribution < 1.29 is 28.5 Å². The zero-order valence-corrected chi connectivity index (χ0v) is 23.5. The van der Waals surface area contributed by atoms with Gasteiger partial charge < -0.3 is 29.6 Å². The van der Waals surface area contributed by atoms with Crippen LogP contribution in [-0.2, 0) is 9.59 Å². The van der Waals surface area contributed by atoms with Crippen LogP contribution in [0.15, 0.2) is 83.2 Å². The van der Waals surface area contributed by atoms with Gasteiger partial charge in [-0.1, -0.05) is 30.3 Å². The van der Waals surface area contributed by atoms with Crippen molar-refractivity contribution in [1.29, 1.82) is 0 Å². The van der Waals surface area contributed by atoms with Crippen LogP contribution in [0.3, 0.4) is 0 Å². The number of ether oxygens (including phenoxy) is 4. The minimum absolute atomic E-state index is 0.00473. The van der Waals surface area contributed by atoms with Gasteiger partial charge in [0.05, 0.1) is 14.2 Å². The van der Waals surface area contributed by atoms with Crippen LogP contribution in [-0.4, -0.2) is 32.7 Å². The average Bonchev–Trinajstić information content (AvgIpc) is 3.45. The first-order valence-corrected chi connectivity index (χ1v) is 13.6. The molecule has 6 rings (SSSR count). The summed E-state index contributed by atoms with van der Waals surface area (Å²) < 4.78 is 22.1. The number of nitrogens with one attached hydrogen (secondary N) is 2. The molecule has 41 heavy (non-hydrogen) atoms. The van der Waals surface area contributed by atoms with E-state index >= 15 is 0 Å². The summed E-state index contributed by atoms with van der Waals surface area (Å²) in [5.41, 5.74) is 6.13. The van der Waals surface area contributed by atoms with Crippen LogP contribution in [0.4, 0.5) is 5.69 Å². The molecule has 0 fully saturated rings. The maximum atomic E-state index is 14.0. The van der Waals surface area contributed by atoms with Gasteiger partial charge in [-0.25, -0.2) is 0 Å². The summed E-state index contributed by atoms with van der Waals surface area (Å²) in [6, 6.07) is 19.1. The van der Waals surface area contributed by atoms with Gasteiger partial charge in [-0.3, -0.25) is 9.59 Å². The molecule has 0 saturated carbocycles. The third-order valence-electron chi connectivity index (χ3n) is 8.07. The molecule has 8 nitrogen and oxygen atoms in total. The number of hydrogen-bond acceptors (Lipinski definition) is 7. The Morgan fingerprint density at radius 1 is 0.902 bits per heavy atom. The molecule has 0 aromatic heterocycles. The first-order valence-electron chi connectivity index (χ1n) is 13.6. The van der Waals surface area contributed by atoms with E-state index in [1.165, 1.54) is 0 Å². The van der Waals surface area contributed by atoms with Crippen LogP contribution in [0.1, 0.15) is 48.3 Å². The van der Waals surface area contributed by atoms with Crippen molar-refractivity contribution in [3.63, 3.8) is 0 Å². The van der Waals surface area contributed by atoms with E-state index in [4.69, 9.17) is 18.9 Å². The van der Waals surface area contributed by atoms with E-state index in [2.05, 4.69) is 10.6 Å². The second kappa shape index (κ2) is 10.7. The molecule has 2 N–H and O–H groups in total. The molecule has 3 aromatic carbocycles. The summed E-state index contributed by atoms with van der Waals surface area (Å²) in [5, 5.41) is 6.53. The number of dihydropyridines is 1. The van der Waals surface area contributed by atoms with Crippen molar-refractivity contribution in [2.45, 2.75) is 38.5 Å². The van der Waals surface area contributed by atoms with E-state index in [-0.39, 0.29) is 24.4 Å². The minimum atomic E-state index is -0.566.